The number of aliphatic hydroxyl groups excluding tert-OH is 1. The Morgan fingerprint density at radius 2 is 1.74 bits per heavy atom. The summed E-state index contributed by atoms with van der Waals surface area (Å²) in [5, 5.41) is 22.9. The highest BCUT2D eigenvalue weighted by atomic mass is 35.5. The van der Waals surface area contributed by atoms with Gasteiger partial charge in [0, 0.05) is 10.7 Å². The number of hydrogen-bond donors (Lipinski definition) is 3. The number of hydrogen-bond acceptors (Lipinski definition) is 3. The van der Waals surface area contributed by atoms with E-state index in [9.17, 15) is 10.2 Å². The number of benzene rings is 2. The molecule has 0 aromatic heterocycles. The summed E-state index contributed by atoms with van der Waals surface area (Å²) in [5.74, 6) is 0.0219. The van der Waals surface area contributed by atoms with Gasteiger partial charge in [-0.1, -0.05) is 29.3 Å². The van der Waals surface area contributed by atoms with Gasteiger partial charge in [0.15, 0.2) is 0 Å². The van der Waals surface area contributed by atoms with Gasteiger partial charge in [0.25, 0.3) is 0 Å². The highest BCUT2D eigenvalue weighted by Crippen LogP contribution is 2.28. The zero-order valence-electron chi connectivity index (χ0n) is 9.98. The molecule has 1 atom stereocenters. The van der Waals surface area contributed by atoms with Crippen LogP contribution in [0.3, 0.4) is 0 Å². The Morgan fingerprint density at radius 1 is 1.05 bits per heavy atom. The van der Waals surface area contributed by atoms with Crippen LogP contribution in [0.2, 0.25) is 10.0 Å². The lowest BCUT2D eigenvalue weighted by Gasteiger charge is -2.18. The molecule has 2 rings (SSSR count). The number of rotatable bonds is 4. The van der Waals surface area contributed by atoms with Gasteiger partial charge >= 0.3 is 0 Å². The lowest BCUT2D eigenvalue weighted by molar-refractivity contribution is 0.276. The standard InChI is InChI=1S/C14H13Cl2NO2/c15-10-2-4-11(5-3-10)17-13(8-18)9-1-6-14(19)12(16)7-9/h1-7,13,17-19H,8H2. The number of aliphatic hydroxyl groups is 1. The molecule has 2 aromatic carbocycles. The van der Waals surface area contributed by atoms with E-state index < -0.39 is 0 Å². The first-order valence-electron chi connectivity index (χ1n) is 5.71. The minimum Gasteiger partial charge on any atom is -0.506 e. The summed E-state index contributed by atoms with van der Waals surface area (Å²) in [6, 6.07) is 11.7. The summed E-state index contributed by atoms with van der Waals surface area (Å²) in [6.07, 6.45) is 0. The first-order chi connectivity index (χ1) is 9.10. The summed E-state index contributed by atoms with van der Waals surface area (Å²) in [5.41, 5.74) is 1.63. The second-order valence-corrected chi connectivity index (χ2v) is 4.94. The van der Waals surface area contributed by atoms with Gasteiger partial charge in [-0.25, -0.2) is 0 Å². The van der Waals surface area contributed by atoms with Gasteiger partial charge in [0.05, 0.1) is 17.7 Å². The zero-order chi connectivity index (χ0) is 13.8. The quantitative estimate of drug-likeness (QED) is 0.803. The summed E-state index contributed by atoms with van der Waals surface area (Å²) in [7, 11) is 0. The van der Waals surface area contributed by atoms with Gasteiger partial charge in [-0.2, -0.15) is 0 Å². The minimum atomic E-state index is -0.306. The third kappa shape index (κ3) is 3.53. The van der Waals surface area contributed by atoms with Crippen LogP contribution in [-0.2, 0) is 0 Å². The van der Waals surface area contributed by atoms with Crippen LogP contribution < -0.4 is 5.32 Å². The fraction of sp³-hybridized carbons (Fsp3) is 0.143. The minimum absolute atomic E-state index is 0.0219. The van der Waals surface area contributed by atoms with Crippen molar-refractivity contribution in [1.29, 1.82) is 0 Å². The Morgan fingerprint density at radius 3 is 2.32 bits per heavy atom. The third-order valence-electron chi connectivity index (χ3n) is 2.74. The SMILES string of the molecule is OCC(Nc1ccc(Cl)cc1)c1ccc(O)c(Cl)c1. The van der Waals surface area contributed by atoms with Gasteiger partial charge in [0.2, 0.25) is 0 Å². The van der Waals surface area contributed by atoms with Crippen molar-refractivity contribution < 1.29 is 10.2 Å². The molecule has 1 unspecified atom stereocenters. The molecule has 3 nitrogen and oxygen atoms in total. The molecule has 0 aliphatic carbocycles. The fourth-order valence-electron chi connectivity index (χ4n) is 1.72. The second kappa shape index (κ2) is 6.15. The van der Waals surface area contributed by atoms with Crippen LogP contribution in [0.4, 0.5) is 5.69 Å². The van der Waals surface area contributed by atoms with Gasteiger partial charge in [-0.15, -0.1) is 0 Å². The van der Waals surface area contributed by atoms with E-state index in [0.29, 0.717) is 5.02 Å². The average molecular weight is 298 g/mol. The number of phenolic OH excluding ortho intramolecular Hbond substituents is 1. The lowest BCUT2D eigenvalue weighted by atomic mass is 10.1. The van der Waals surface area contributed by atoms with E-state index in [1.807, 2.05) is 12.1 Å². The molecule has 0 aliphatic heterocycles. The number of aromatic hydroxyl groups is 1. The van der Waals surface area contributed by atoms with E-state index in [4.69, 9.17) is 23.2 Å². The number of halogens is 2. The molecule has 0 radical (unpaired) electrons. The molecule has 0 fully saturated rings. The second-order valence-electron chi connectivity index (χ2n) is 4.10. The average Bonchev–Trinajstić information content (AvgIpc) is 2.41. The molecular weight excluding hydrogens is 285 g/mol. The van der Waals surface area contributed by atoms with Crippen molar-refractivity contribution in [1.82, 2.24) is 0 Å². The smallest absolute Gasteiger partial charge is 0.134 e. The van der Waals surface area contributed by atoms with Gasteiger partial charge < -0.3 is 15.5 Å². The molecule has 5 heteroatoms. The number of phenols is 1. The molecule has 3 N–H and O–H groups in total. The van der Waals surface area contributed by atoms with Crippen molar-refractivity contribution in [3.05, 3.63) is 58.1 Å². The van der Waals surface area contributed by atoms with E-state index in [1.165, 1.54) is 6.07 Å². The first-order valence-corrected chi connectivity index (χ1v) is 6.47. The van der Waals surface area contributed by atoms with Crippen molar-refractivity contribution in [2.24, 2.45) is 0 Å². The van der Waals surface area contributed by atoms with E-state index in [0.717, 1.165) is 11.3 Å². The molecule has 0 amide bonds. The number of anilines is 1. The monoisotopic (exact) mass is 297 g/mol. The zero-order valence-corrected chi connectivity index (χ0v) is 11.5. The van der Waals surface area contributed by atoms with E-state index in [-0.39, 0.29) is 23.4 Å². The van der Waals surface area contributed by atoms with Crippen molar-refractivity contribution in [2.45, 2.75) is 6.04 Å². The van der Waals surface area contributed by atoms with Crippen molar-refractivity contribution in [3.63, 3.8) is 0 Å². The Bertz CT molecular complexity index is 558. The normalized spacial score (nSPS) is 12.2. The summed E-state index contributed by atoms with van der Waals surface area (Å²) in [4.78, 5) is 0. The lowest BCUT2D eigenvalue weighted by Crippen LogP contribution is -2.14. The molecule has 19 heavy (non-hydrogen) atoms. The highest BCUT2D eigenvalue weighted by molar-refractivity contribution is 6.32. The predicted octanol–water partition coefficient (Wildman–Crippen LogP) is 3.84. The van der Waals surface area contributed by atoms with E-state index >= 15 is 0 Å². The topological polar surface area (TPSA) is 52.5 Å². The highest BCUT2D eigenvalue weighted by Gasteiger charge is 2.12. The van der Waals surface area contributed by atoms with Crippen LogP contribution in [-0.4, -0.2) is 16.8 Å². The van der Waals surface area contributed by atoms with Crippen LogP contribution in [0, 0.1) is 0 Å². The molecule has 0 saturated carbocycles. The van der Waals surface area contributed by atoms with Gasteiger partial charge in [-0.3, -0.25) is 0 Å². The summed E-state index contributed by atoms with van der Waals surface area (Å²) in [6.45, 7) is -0.0935. The van der Waals surface area contributed by atoms with E-state index in [2.05, 4.69) is 5.32 Å². The first kappa shape index (κ1) is 14.0. The number of nitrogens with one attached hydrogen (secondary N) is 1. The third-order valence-corrected chi connectivity index (χ3v) is 3.30. The van der Waals surface area contributed by atoms with Crippen LogP contribution in [0.25, 0.3) is 0 Å². The van der Waals surface area contributed by atoms with Crippen LogP contribution in [0.1, 0.15) is 11.6 Å². The largest absolute Gasteiger partial charge is 0.506 e. The Labute approximate surface area is 121 Å². The molecule has 100 valence electrons. The van der Waals surface area contributed by atoms with Crippen molar-refractivity contribution in [3.8, 4) is 5.75 Å². The summed E-state index contributed by atoms with van der Waals surface area (Å²) < 4.78 is 0. The molecule has 0 bridgehead atoms. The maximum Gasteiger partial charge on any atom is 0.134 e. The van der Waals surface area contributed by atoms with Gasteiger partial charge in [-0.05, 0) is 42.0 Å². The van der Waals surface area contributed by atoms with Crippen LogP contribution in [0.5, 0.6) is 5.75 Å². The van der Waals surface area contributed by atoms with Crippen LogP contribution in [0.15, 0.2) is 42.5 Å². The molecule has 0 saturated heterocycles. The maximum atomic E-state index is 9.46. The summed E-state index contributed by atoms with van der Waals surface area (Å²) >= 11 is 11.7. The van der Waals surface area contributed by atoms with Crippen molar-refractivity contribution >= 4 is 28.9 Å². The molecular formula is C14H13Cl2NO2. The predicted molar refractivity (Wildman–Crippen MR) is 78.0 cm³/mol. The van der Waals surface area contributed by atoms with Crippen molar-refractivity contribution in [2.75, 3.05) is 11.9 Å². The van der Waals surface area contributed by atoms with Crippen LogP contribution >= 0.6 is 23.2 Å². The maximum absolute atomic E-state index is 9.46. The fourth-order valence-corrected chi connectivity index (χ4v) is 2.04. The Balaban J connectivity index is 2.19. The Kier molecular flexibility index (Phi) is 4.53. The molecule has 2 aromatic rings. The molecule has 0 heterocycles. The van der Waals surface area contributed by atoms with E-state index in [1.54, 1.807) is 24.3 Å². The molecule has 0 spiro atoms. The Hall–Kier alpha value is -1.42. The molecule has 0 aliphatic rings. The van der Waals surface area contributed by atoms with Gasteiger partial charge in [0.1, 0.15) is 5.75 Å².